The number of carbonyl (C=O) groups excluding carboxylic acids is 2. The highest BCUT2D eigenvalue weighted by atomic mass is 32.2. The van der Waals surface area contributed by atoms with Gasteiger partial charge in [-0.1, -0.05) is 23.9 Å². The molecule has 0 saturated carbocycles. The number of aromatic nitrogens is 1. The van der Waals surface area contributed by atoms with Gasteiger partial charge in [-0.25, -0.2) is 4.79 Å². The number of hydrogen-bond donors (Lipinski definition) is 2. The Bertz CT molecular complexity index is 778. The standard InChI is InChI=1S/C19H20N2O5S/c1-20-19(25)27-17(12-22)10-13-2-6-16(7-3-13)26-9-8-15-5-4-14(11-21-15)18(23)24/h2-7,11-12,17H,8-10H2,1H3,(H,20,25)(H,23,24). The zero-order chi connectivity index (χ0) is 19.6. The number of nitrogens with zero attached hydrogens (tertiary/aromatic N) is 1. The maximum absolute atomic E-state index is 11.4. The molecular formula is C19H20N2O5S. The van der Waals surface area contributed by atoms with Crippen molar-refractivity contribution in [2.45, 2.75) is 18.1 Å². The number of carboxylic acid groups (broad SMARTS) is 1. The van der Waals surface area contributed by atoms with Crippen LogP contribution in [0.2, 0.25) is 0 Å². The van der Waals surface area contributed by atoms with Crippen LogP contribution in [0, 0.1) is 0 Å². The lowest BCUT2D eigenvalue weighted by molar-refractivity contribution is -0.107. The normalized spacial score (nSPS) is 11.4. The topological polar surface area (TPSA) is 106 Å². The highest BCUT2D eigenvalue weighted by Gasteiger charge is 2.13. The van der Waals surface area contributed by atoms with Gasteiger partial charge in [0.05, 0.1) is 17.4 Å². The molecular weight excluding hydrogens is 368 g/mol. The van der Waals surface area contributed by atoms with Crippen LogP contribution in [0.4, 0.5) is 4.79 Å². The van der Waals surface area contributed by atoms with Gasteiger partial charge in [0.1, 0.15) is 12.0 Å². The highest BCUT2D eigenvalue weighted by molar-refractivity contribution is 8.14. The summed E-state index contributed by atoms with van der Waals surface area (Å²) in [5.41, 5.74) is 1.83. The summed E-state index contributed by atoms with van der Waals surface area (Å²) >= 11 is 0.965. The Balaban J connectivity index is 1.82. The van der Waals surface area contributed by atoms with Crippen molar-refractivity contribution in [2.24, 2.45) is 0 Å². The van der Waals surface area contributed by atoms with E-state index in [1.807, 2.05) is 24.3 Å². The maximum atomic E-state index is 11.4. The molecule has 0 aliphatic rings. The molecule has 142 valence electrons. The maximum Gasteiger partial charge on any atom is 0.337 e. The molecule has 0 fully saturated rings. The summed E-state index contributed by atoms with van der Waals surface area (Å²) in [6.07, 6.45) is 3.11. The number of thioether (sulfide) groups is 1. The number of aromatic carboxylic acids is 1. The van der Waals surface area contributed by atoms with Crippen LogP contribution in [-0.2, 0) is 17.6 Å². The molecule has 27 heavy (non-hydrogen) atoms. The Morgan fingerprint density at radius 3 is 2.56 bits per heavy atom. The van der Waals surface area contributed by atoms with Crippen LogP contribution in [0.5, 0.6) is 5.75 Å². The first kappa shape index (κ1) is 20.4. The minimum atomic E-state index is -1.00. The number of carbonyl (C=O) groups is 3. The van der Waals surface area contributed by atoms with Gasteiger partial charge in [0.2, 0.25) is 0 Å². The third-order valence-electron chi connectivity index (χ3n) is 3.67. The average molecular weight is 388 g/mol. The van der Waals surface area contributed by atoms with E-state index in [4.69, 9.17) is 9.84 Å². The van der Waals surface area contributed by atoms with Gasteiger partial charge in [0, 0.05) is 25.4 Å². The van der Waals surface area contributed by atoms with Crippen molar-refractivity contribution in [3.63, 3.8) is 0 Å². The van der Waals surface area contributed by atoms with E-state index < -0.39 is 11.2 Å². The Kier molecular flexibility index (Phi) is 7.81. The quantitative estimate of drug-likeness (QED) is 0.636. The second-order valence-corrected chi connectivity index (χ2v) is 6.83. The second-order valence-electron chi connectivity index (χ2n) is 5.62. The second kappa shape index (κ2) is 10.3. The zero-order valence-electron chi connectivity index (χ0n) is 14.8. The van der Waals surface area contributed by atoms with Crippen LogP contribution in [-0.4, -0.2) is 46.5 Å². The first-order chi connectivity index (χ1) is 13.0. The predicted molar refractivity (Wildman–Crippen MR) is 102 cm³/mol. The highest BCUT2D eigenvalue weighted by Crippen LogP contribution is 2.18. The molecule has 2 aromatic rings. The number of pyridine rings is 1. The van der Waals surface area contributed by atoms with E-state index in [9.17, 15) is 14.4 Å². The molecule has 8 heteroatoms. The summed E-state index contributed by atoms with van der Waals surface area (Å²) in [6, 6.07) is 10.5. The largest absolute Gasteiger partial charge is 0.493 e. The van der Waals surface area contributed by atoms with Crippen molar-refractivity contribution in [1.29, 1.82) is 0 Å². The molecule has 1 unspecified atom stereocenters. The minimum Gasteiger partial charge on any atom is -0.493 e. The molecule has 1 atom stereocenters. The van der Waals surface area contributed by atoms with Crippen LogP contribution in [0.25, 0.3) is 0 Å². The van der Waals surface area contributed by atoms with Gasteiger partial charge in [-0.15, -0.1) is 0 Å². The van der Waals surface area contributed by atoms with Crippen LogP contribution < -0.4 is 10.1 Å². The molecule has 2 rings (SSSR count). The average Bonchev–Trinajstić information content (AvgIpc) is 2.69. The summed E-state index contributed by atoms with van der Waals surface area (Å²) in [5.74, 6) is -0.321. The van der Waals surface area contributed by atoms with E-state index in [2.05, 4.69) is 10.3 Å². The number of ether oxygens (including phenoxy) is 1. The van der Waals surface area contributed by atoms with E-state index in [0.717, 1.165) is 29.3 Å². The fraction of sp³-hybridized carbons (Fsp3) is 0.263. The summed E-state index contributed by atoms with van der Waals surface area (Å²) in [5, 5.41) is 10.7. The molecule has 1 aromatic heterocycles. The number of nitrogens with one attached hydrogen (secondary N) is 1. The number of rotatable bonds is 9. The monoisotopic (exact) mass is 388 g/mol. The molecule has 1 heterocycles. The van der Waals surface area contributed by atoms with E-state index in [1.165, 1.54) is 19.3 Å². The Hall–Kier alpha value is -2.87. The summed E-state index contributed by atoms with van der Waals surface area (Å²) in [6.45, 7) is 0.405. The number of aldehydes is 1. The molecule has 1 amide bonds. The minimum absolute atomic E-state index is 0.151. The molecule has 2 N–H and O–H groups in total. The van der Waals surface area contributed by atoms with Crippen LogP contribution in [0.15, 0.2) is 42.6 Å². The summed E-state index contributed by atoms with van der Waals surface area (Å²) in [7, 11) is 1.53. The van der Waals surface area contributed by atoms with Crippen molar-refractivity contribution in [1.82, 2.24) is 10.3 Å². The van der Waals surface area contributed by atoms with Crippen LogP contribution in [0.3, 0.4) is 0 Å². The number of carboxylic acids is 1. The third kappa shape index (κ3) is 6.74. The first-order valence-corrected chi connectivity index (χ1v) is 9.13. The molecule has 0 radical (unpaired) electrons. The molecule has 0 saturated heterocycles. The lowest BCUT2D eigenvalue weighted by atomic mass is 10.1. The van der Waals surface area contributed by atoms with E-state index >= 15 is 0 Å². The van der Waals surface area contributed by atoms with Crippen molar-refractivity contribution in [2.75, 3.05) is 13.7 Å². The predicted octanol–water partition coefficient (Wildman–Crippen LogP) is 2.58. The lowest BCUT2D eigenvalue weighted by Crippen LogP contribution is -2.18. The SMILES string of the molecule is CNC(=O)SC(C=O)Cc1ccc(OCCc2ccc(C(=O)O)cn2)cc1. The summed E-state index contributed by atoms with van der Waals surface area (Å²) in [4.78, 5) is 37.3. The van der Waals surface area contributed by atoms with Crippen molar-refractivity contribution in [3.05, 3.63) is 59.4 Å². The number of benzene rings is 1. The van der Waals surface area contributed by atoms with Crippen LogP contribution in [0.1, 0.15) is 21.6 Å². The smallest absolute Gasteiger partial charge is 0.337 e. The van der Waals surface area contributed by atoms with Crippen molar-refractivity contribution < 1.29 is 24.2 Å². The van der Waals surface area contributed by atoms with E-state index in [-0.39, 0.29) is 10.8 Å². The Morgan fingerprint density at radius 1 is 1.26 bits per heavy atom. The van der Waals surface area contributed by atoms with Gasteiger partial charge >= 0.3 is 5.97 Å². The van der Waals surface area contributed by atoms with Crippen molar-refractivity contribution >= 4 is 29.3 Å². The fourth-order valence-corrected chi connectivity index (χ4v) is 2.96. The number of hydrogen-bond acceptors (Lipinski definition) is 6. The Labute approximate surface area is 161 Å². The summed E-state index contributed by atoms with van der Waals surface area (Å²) < 4.78 is 5.66. The fourth-order valence-electron chi connectivity index (χ4n) is 2.24. The molecule has 0 aliphatic carbocycles. The lowest BCUT2D eigenvalue weighted by Gasteiger charge is -2.10. The van der Waals surface area contributed by atoms with Gasteiger partial charge in [-0.3, -0.25) is 9.78 Å². The van der Waals surface area contributed by atoms with Gasteiger partial charge < -0.3 is 20.0 Å². The van der Waals surface area contributed by atoms with Gasteiger partial charge in [0.15, 0.2) is 0 Å². The first-order valence-electron chi connectivity index (χ1n) is 8.25. The Morgan fingerprint density at radius 2 is 2.00 bits per heavy atom. The molecule has 0 spiro atoms. The molecule has 0 aliphatic heterocycles. The van der Waals surface area contributed by atoms with Gasteiger partial charge in [-0.2, -0.15) is 0 Å². The van der Waals surface area contributed by atoms with Gasteiger partial charge in [0.25, 0.3) is 5.24 Å². The molecule has 7 nitrogen and oxygen atoms in total. The molecule has 0 bridgehead atoms. The van der Waals surface area contributed by atoms with Gasteiger partial charge in [-0.05, 0) is 36.2 Å². The third-order valence-corrected chi connectivity index (χ3v) is 4.67. The van der Waals surface area contributed by atoms with E-state index in [1.54, 1.807) is 6.07 Å². The molecule has 1 aromatic carbocycles. The van der Waals surface area contributed by atoms with E-state index in [0.29, 0.717) is 25.2 Å². The van der Waals surface area contributed by atoms with Crippen LogP contribution >= 0.6 is 11.8 Å². The number of amides is 1. The zero-order valence-corrected chi connectivity index (χ0v) is 15.6. The van der Waals surface area contributed by atoms with Crippen molar-refractivity contribution in [3.8, 4) is 5.75 Å².